The van der Waals surface area contributed by atoms with Gasteiger partial charge in [0.05, 0.1) is 24.6 Å². The number of carbonyl (C=O) groups is 1. The van der Waals surface area contributed by atoms with Gasteiger partial charge in [0.25, 0.3) is 5.91 Å². The van der Waals surface area contributed by atoms with Crippen LogP contribution in [-0.4, -0.2) is 40.7 Å². The van der Waals surface area contributed by atoms with E-state index in [0.717, 1.165) is 11.3 Å². The molecule has 0 unspecified atom stereocenters. The number of H-pyrrole nitrogens is 1. The molecule has 1 N–H and O–H groups in total. The number of hydrogen-bond acceptors (Lipinski definition) is 3. The zero-order valence-corrected chi connectivity index (χ0v) is 13.4. The van der Waals surface area contributed by atoms with Gasteiger partial charge in [-0.15, -0.1) is 0 Å². The molecule has 112 valence electrons. The first-order valence-corrected chi connectivity index (χ1v) is 6.75. The molecule has 0 aliphatic carbocycles. The topological polar surface area (TPSA) is 58.2 Å². The zero-order valence-electron chi connectivity index (χ0n) is 13.4. The van der Waals surface area contributed by atoms with E-state index in [9.17, 15) is 4.79 Å². The lowest BCUT2D eigenvalue weighted by atomic mass is 9.85. The lowest BCUT2D eigenvalue weighted by Gasteiger charge is -2.40. The van der Waals surface area contributed by atoms with Crippen molar-refractivity contribution in [2.24, 2.45) is 5.92 Å². The zero-order chi connectivity index (χ0) is 15.5. The molecule has 1 heterocycles. The van der Waals surface area contributed by atoms with Crippen LogP contribution in [0.25, 0.3) is 0 Å². The lowest BCUT2D eigenvalue weighted by Crippen LogP contribution is -2.50. The third-order valence-electron chi connectivity index (χ3n) is 4.06. The maximum Gasteiger partial charge on any atom is 0.272 e. The summed E-state index contributed by atoms with van der Waals surface area (Å²) < 4.78 is 5.24. The summed E-state index contributed by atoms with van der Waals surface area (Å²) in [6.07, 6.45) is 3.64. The Kier molecular flexibility index (Phi) is 4.98. The number of nitrogens with one attached hydrogen (secondary N) is 1. The van der Waals surface area contributed by atoms with Crippen molar-refractivity contribution < 1.29 is 9.53 Å². The Morgan fingerprint density at radius 2 is 2.15 bits per heavy atom. The molecule has 0 aromatic carbocycles. The van der Waals surface area contributed by atoms with Gasteiger partial charge in [-0.2, -0.15) is 5.10 Å². The second kappa shape index (κ2) is 6.11. The molecule has 1 atom stereocenters. The molecule has 1 aromatic rings. The molecule has 0 bridgehead atoms. The van der Waals surface area contributed by atoms with E-state index < -0.39 is 5.54 Å². The number of likely N-dealkylation sites (N-methyl/N-ethyl adjacent to an activating group) is 1. The standard InChI is InChI=1S/C15H25N3O2/c1-10(2)15(5,8-12(4)20-7)18(6)14(19)13-11(3)9-16-17-13/h8-10H,1-7H3,(H,16,17)/b12-8+/t15-/m1/s1. The molecule has 0 spiro atoms. The van der Waals surface area contributed by atoms with Crippen molar-refractivity contribution in [2.75, 3.05) is 14.2 Å². The number of ether oxygens (including phenoxy) is 1. The molecular formula is C15H25N3O2. The van der Waals surface area contributed by atoms with Crippen LogP contribution in [-0.2, 0) is 4.74 Å². The summed E-state index contributed by atoms with van der Waals surface area (Å²) in [6.45, 7) is 9.96. The lowest BCUT2D eigenvalue weighted by molar-refractivity contribution is 0.0580. The van der Waals surface area contributed by atoms with Gasteiger partial charge in [-0.3, -0.25) is 9.89 Å². The summed E-state index contributed by atoms with van der Waals surface area (Å²) in [5.74, 6) is 0.961. The smallest absolute Gasteiger partial charge is 0.272 e. The van der Waals surface area contributed by atoms with Gasteiger partial charge in [0, 0.05) is 7.05 Å². The summed E-state index contributed by atoms with van der Waals surface area (Å²) in [6, 6.07) is 0. The number of rotatable bonds is 5. The Morgan fingerprint density at radius 3 is 2.55 bits per heavy atom. The number of aromatic nitrogens is 2. The molecule has 0 saturated heterocycles. The highest BCUT2D eigenvalue weighted by Crippen LogP contribution is 2.28. The first-order chi connectivity index (χ1) is 9.24. The normalized spacial score (nSPS) is 15.1. The second-order valence-corrected chi connectivity index (χ2v) is 5.63. The van der Waals surface area contributed by atoms with Gasteiger partial charge in [0.2, 0.25) is 0 Å². The van der Waals surface area contributed by atoms with E-state index in [4.69, 9.17) is 4.74 Å². The monoisotopic (exact) mass is 279 g/mol. The fraction of sp³-hybridized carbons (Fsp3) is 0.600. The van der Waals surface area contributed by atoms with E-state index in [0.29, 0.717) is 5.69 Å². The molecule has 1 amide bonds. The maximum atomic E-state index is 12.6. The minimum Gasteiger partial charge on any atom is -0.502 e. The van der Waals surface area contributed by atoms with Crippen LogP contribution in [0.2, 0.25) is 0 Å². The Hall–Kier alpha value is -1.78. The highest BCUT2D eigenvalue weighted by molar-refractivity contribution is 5.94. The number of hydrogen-bond donors (Lipinski definition) is 1. The van der Waals surface area contributed by atoms with Gasteiger partial charge in [-0.05, 0) is 38.3 Å². The van der Waals surface area contributed by atoms with Crippen LogP contribution in [0.5, 0.6) is 0 Å². The largest absolute Gasteiger partial charge is 0.502 e. The van der Waals surface area contributed by atoms with Crippen LogP contribution in [0.3, 0.4) is 0 Å². The average molecular weight is 279 g/mol. The Balaban J connectivity index is 3.16. The van der Waals surface area contributed by atoms with Crippen LogP contribution in [0.15, 0.2) is 18.0 Å². The number of carbonyl (C=O) groups excluding carboxylic acids is 1. The van der Waals surface area contributed by atoms with E-state index in [-0.39, 0.29) is 11.8 Å². The van der Waals surface area contributed by atoms with E-state index in [2.05, 4.69) is 24.0 Å². The quantitative estimate of drug-likeness (QED) is 0.843. The van der Waals surface area contributed by atoms with Crippen molar-refractivity contribution in [3.05, 3.63) is 29.3 Å². The number of aryl methyl sites for hydroxylation is 1. The first-order valence-electron chi connectivity index (χ1n) is 6.75. The van der Waals surface area contributed by atoms with Gasteiger partial charge < -0.3 is 9.64 Å². The molecule has 1 aromatic heterocycles. The second-order valence-electron chi connectivity index (χ2n) is 5.63. The van der Waals surface area contributed by atoms with E-state index in [1.807, 2.05) is 33.9 Å². The number of methoxy groups -OCH3 is 1. The molecule has 0 aliphatic heterocycles. The fourth-order valence-corrected chi connectivity index (χ4v) is 2.07. The molecule has 0 saturated carbocycles. The van der Waals surface area contributed by atoms with Crippen molar-refractivity contribution in [1.82, 2.24) is 15.1 Å². The Morgan fingerprint density at radius 1 is 1.55 bits per heavy atom. The van der Waals surface area contributed by atoms with E-state index >= 15 is 0 Å². The summed E-state index contributed by atoms with van der Waals surface area (Å²) in [5, 5.41) is 6.69. The predicted molar refractivity (Wildman–Crippen MR) is 79.4 cm³/mol. The molecular weight excluding hydrogens is 254 g/mol. The predicted octanol–water partition coefficient (Wildman–Crippen LogP) is 2.76. The molecule has 0 aliphatic rings. The minimum atomic E-state index is -0.436. The van der Waals surface area contributed by atoms with Crippen molar-refractivity contribution in [1.29, 1.82) is 0 Å². The molecule has 0 radical (unpaired) electrons. The van der Waals surface area contributed by atoms with Gasteiger partial charge in [-0.1, -0.05) is 13.8 Å². The van der Waals surface area contributed by atoms with Crippen molar-refractivity contribution in [2.45, 2.75) is 40.2 Å². The SMILES string of the molecule is CO/C(C)=C/[C@](C)(C(C)C)N(C)C(=O)c1[nH]ncc1C. The summed E-state index contributed by atoms with van der Waals surface area (Å²) >= 11 is 0. The van der Waals surface area contributed by atoms with Crippen LogP contribution >= 0.6 is 0 Å². The average Bonchev–Trinajstić information content (AvgIpc) is 2.82. The third-order valence-corrected chi connectivity index (χ3v) is 4.06. The van der Waals surface area contributed by atoms with Crippen LogP contribution in [0.4, 0.5) is 0 Å². The molecule has 1 rings (SSSR count). The number of aromatic amines is 1. The highest BCUT2D eigenvalue weighted by atomic mass is 16.5. The van der Waals surface area contributed by atoms with Crippen molar-refractivity contribution in [3.63, 3.8) is 0 Å². The van der Waals surface area contributed by atoms with Crippen LogP contribution in [0, 0.1) is 12.8 Å². The number of nitrogens with zero attached hydrogens (tertiary/aromatic N) is 2. The molecule has 5 nitrogen and oxygen atoms in total. The summed E-state index contributed by atoms with van der Waals surface area (Å²) in [5.41, 5.74) is 0.942. The van der Waals surface area contributed by atoms with Crippen LogP contribution in [0.1, 0.15) is 43.7 Å². The van der Waals surface area contributed by atoms with Crippen molar-refractivity contribution in [3.8, 4) is 0 Å². The van der Waals surface area contributed by atoms with E-state index in [1.165, 1.54) is 0 Å². The van der Waals surface area contributed by atoms with Gasteiger partial charge >= 0.3 is 0 Å². The molecule has 5 heteroatoms. The minimum absolute atomic E-state index is 0.0728. The summed E-state index contributed by atoms with van der Waals surface area (Å²) in [4.78, 5) is 14.4. The Bertz CT molecular complexity index is 505. The number of amides is 1. The molecule has 0 fully saturated rings. The van der Waals surface area contributed by atoms with Gasteiger partial charge in [-0.25, -0.2) is 0 Å². The van der Waals surface area contributed by atoms with Crippen LogP contribution < -0.4 is 0 Å². The van der Waals surface area contributed by atoms with Crippen molar-refractivity contribution >= 4 is 5.91 Å². The van der Waals surface area contributed by atoms with E-state index in [1.54, 1.807) is 18.2 Å². The summed E-state index contributed by atoms with van der Waals surface area (Å²) in [7, 11) is 3.44. The Labute approximate surface area is 121 Å². The molecule has 20 heavy (non-hydrogen) atoms. The van der Waals surface area contributed by atoms with Gasteiger partial charge in [0.1, 0.15) is 5.69 Å². The third kappa shape index (κ3) is 3.03. The maximum absolute atomic E-state index is 12.6. The fourth-order valence-electron chi connectivity index (χ4n) is 2.07. The highest BCUT2D eigenvalue weighted by Gasteiger charge is 2.35. The number of allylic oxidation sites excluding steroid dienone is 1. The first kappa shape index (κ1) is 16.3. The van der Waals surface area contributed by atoms with Gasteiger partial charge in [0.15, 0.2) is 0 Å².